The van der Waals surface area contributed by atoms with Gasteiger partial charge in [-0.3, -0.25) is 0 Å². The molecule has 3 nitrogen and oxygen atoms in total. The van der Waals surface area contributed by atoms with Crippen LogP contribution < -0.4 is 0 Å². The summed E-state index contributed by atoms with van der Waals surface area (Å²) in [5, 5.41) is 9.70. The van der Waals surface area contributed by atoms with Crippen molar-refractivity contribution >= 4 is 0 Å². The molecule has 0 radical (unpaired) electrons. The molecule has 0 bridgehead atoms. The molecule has 94 valence electrons. The van der Waals surface area contributed by atoms with Crippen LogP contribution in [0.3, 0.4) is 0 Å². The largest absolute Gasteiger partial charge is 0.393 e. The number of aliphatic hydroxyl groups excluding tert-OH is 1. The molecule has 0 spiro atoms. The molecule has 1 aliphatic heterocycles. The molecule has 0 amide bonds. The molecule has 1 N–H and O–H groups in total. The van der Waals surface area contributed by atoms with Gasteiger partial charge in [0.2, 0.25) is 0 Å². The first-order valence-corrected chi connectivity index (χ1v) is 6.72. The van der Waals surface area contributed by atoms with Crippen molar-refractivity contribution in [1.29, 1.82) is 0 Å². The minimum atomic E-state index is -0.0487. The van der Waals surface area contributed by atoms with Crippen molar-refractivity contribution in [3.05, 3.63) is 0 Å². The lowest BCUT2D eigenvalue weighted by Crippen LogP contribution is -2.40. The Morgan fingerprint density at radius 3 is 2.75 bits per heavy atom. The van der Waals surface area contributed by atoms with Crippen molar-refractivity contribution in [1.82, 2.24) is 9.80 Å². The second kappa shape index (κ2) is 5.48. The highest BCUT2D eigenvalue weighted by atomic mass is 16.3. The molecule has 1 aliphatic carbocycles. The highest BCUT2D eigenvalue weighted by Gasteiger charge is 2.27. The highest BCUT2D eigenvalue weighted by molar-refractivity contribution is 4.82. The average molecular weight is 226 g/mol. The van der Waals surface area contributed by atoms with Gasteiger partial charge < -0.3 is 14.9 Å². The number of rotatable bonds is 3. The molecule has 2 rings (SSSR count). The first-order valence-electron chi connectivity index (χ1n) is 6.72. The van der Waals surface area contributed by atoms with Crippen LogP contribution in [0.1, 0.15) is 32.1 Å². The van der Waals surface area contributed by atoms with Crippen molar-refractivity contribution in [3.8, 4) is 0 Å². The van der Waals surface area contributed by atoms with E-state index in [2.05, 4.69) is 23.9 Å². The first-order chi connectivity index (χ1) is 7.65. The minimum Gasteiger partial charge on any atom is -0.393 e. The van der Waals surface area contributed by atoms with Crippen molar-refractivity contribution in [3.63, 3.8) is 0 Å². The zero-order chi connectivity index (χ0) is 11.5. The summed E-state index contributed by atoms with van der Waals surface area (Å²) >= 11 is 0. The van der Waals surface area contributed by atoms with Crippen molar-refractivity contribution < 1.29 is 5.11 Å². The molecule has 3 atom stereocenters. The summed E-state index contributed by atoms with van der Waals surface area (Å²) in [5.74, 6) is 0.842. The van der Waals surface area contributed by atoms with E-state index in [1.54, 1.807) is 0 Å². The third-order valence-corrected chi connectivity index (χ3v) is 4.28. The molecule has 3 unspecified atom stereocenters. The van der Waals surface area contributed by atoms with E-state index in [4.69, 9.17) is 0 Å². The lowest BCUT2D eigenvalue weighted by Gasteiger charge is -2.34. The molecule has 0 aromatic carbocycles. The standard InChI is InChI=1S/C13H26N2O/c1-14-7-6-11(9-14)10-15(2)12-4-3-5-13(16)8-12/h11-13,16H,3-10H2,1-2H3. The van der Waals surface area contributed by atoms with Gasteiger partial charge in [-0.2, -0.15) is 0 Å². The molecular formula is C13H26N2O. The normalized spacial score (nSPS) is 37.1. The Hall–Kier alpha value is -0.120. The van der Waals surface area contributed by atoms with Gasteiger partial charge >= 0.3 is 0 Å². The maximum Gasteiger partial charge on any atom is 0.0555 e. The van der Waals surface area contributed by atoms with Gasteiger partial charge in [0, 0.05) is 19.1 Å². The van der Waals surface area contributed by atoms with Gasteiger partial charge in [0.25, 0.3) is 0 Å². The third kappa shape index (κ3) is 3.19. The Balaban J connectivity index is 1.76. The van der Waals surface area contributed by atoms with E-state index >= 15 is 0 Å². The lowest BCUT2D eigenvalue weighted by molar-refractivity contribution is 0.0671. The minimum absolute atomic E-state index is 0.0487. The molecule has 16 heavy (non-hydrogen) atoms. The highest BCUT2D eigenvalue weighted by Crippen LogP contribution is 2.24. The van der Waals surface area contributed by atoms with Crippen LogP contribution in [0.5, 0.6) is 0 Å². The molecular weight excluding hydrogens is 200 g/mol. The van der Waals surface area contributed by atoms with Crippen molar-refractivity contribution in [2.24, 2.45) is 5.92 Å². The van der Waals surface area contributed by atoms with E-state index in [0.29, 0.717) is 6.04 Å². The van der Waals surface area contributed by atoms with Gasteiger partial charge in [-0.25, -0.2) is 0 Å². The molecule has 1 saturated heterocycles. The van der Waals surface area contributed by atoms with E-state index in [1.807, 2.05) is 0 Å². The topological polar surface area (TPSA) is 26.7 Å². The number of hydrogen-bond donors (Lipinski definition) is 1. The van der Waals surface area contributed by atoms with Gasteiger partial charge in [-0.05, 0) is 58.7 Å². The molecule has 3 heteroatoms. The summed E-state index contributed by atoms with van der Waals surface area (Å²) in [6, 6.07) is 0.620. The third-order valence-electron chi connectivity index (χ3n) is 4.28. The molecule has 2 fully saturated rings. The summed E-state index contributed by atoms with van der Waals surface area (Å²) in [6.07, 6.45) is 5.76. The molecule has 0 aromatic heterocycles. The van der Waals surface area contributed by atoms with E-state index in [1.165, 1.54) is 38.9 Å². The summed E-state index contributed by atoms with van der Waals surface area (Å²) in [6.45, 7) is 3.72. The monoisotopic (exact) mass is 226 g/mol. The van der Waals surface area contributed by atoms with Crippen LogP contribution in [-0.4, -0.2) is 60.8 Å². The summed E-state index contributed by atoms with van der Waals surface area (Å²) < 4.78 is 0. The van der Waals surface area contributed by atoms with Crippen LogP contribution in [0.25, 0.3) is 0 Å². The van der Waals surface area contributed by atoms with Crippen LogP contribution in [-0.2, 0) is 0 Å². The van der Waals surface area contributed by atoms with Crippen LogP contribution in [0, 0.1) is 5.92 Å². The van der Waals surface area contributed by atoms with Crippen LogP contribution >= 0.6 is 0 Å². The fourth-order valence-corrected chi connectivity index (χ4v) is 3.27. The van der Waals surface area contributed by atoms with Gasteiger partial charge in [-0.1, -0.05) is 0 Å². The molecule has 1 heterocycles. The first kappa shape index (κ1) is 12.3. The second-order valence-electron chi connectivity index (χ2n) is 5.83. The zero-order valence-corrected chi connectivity index (χ0v) is 10.7. The van der Waals surface area contributed by atoms with E-state index in [-0.39, 0.29) is 6.10 Å². The Morgan fingerprint density at radius 1 is 1.31 bits per heavy atom. The van der Waals surface area contributed by atoms with Crippen molar-refractivity contribution in [2.75, 3.05) is 33.7 Å². The summed E-state index contributed by atoms with van der Waals surface area (Å²) in [5.41, 5.74) is 0. The van der Waals surface area contributed by atoms with E-state index in [9.17, 15) is 5.11 Å². The fourth-order valence-electron chi connectivity index (χ4n) is 3.27. The maximum absolute atomic E-state index is 9.70. The number of aliphatic hydroxyl groups is 1. The predicted molar refractivity (Wildman–Crippen MR) is 66.5 cm³/mol. The Bertz CT molecular complexity index is 222. The second-order valence-corrected chi connectivity index (χ2v) is 5.83. The Labute approximate surface area is 99.4 Å². The smallest absolute Gasteiger partial charge is 0.0555 e. The molecule has 0 aromatic rings. The van der Waals surface area contributed by atoms with E-state index < -0.39 is 0 Å². The fraction of sp³-hybridized carbons (Fsp3) is 1.00. The lowest BCUT2D eigenvalue weighted by atomic mass is 9.91. The van der Waals surface area contributed by atoms with Crippen LogP contribution in [0.2, 0.25) is 0 Å². The summed E-state index contributed by atoms with van der Waals surface area (Å²) in [4.78, 5) is 4.92. The van der Waals surface area contributed by atoms with Crippen LogP contribution in [0.15, 0.2) is 0 Å². The average Bonchev–Trinajstić information content (AvgIpc) is 2.64. The predicted octanol–water partition coefficient (Wildman–Crippen LogP) is 1.17. The molecule has 1 saturated carbocycles. The van der Waals surface area contributed by atoms with Crippen LogP contribution in [0.4, 0.5) is 0 Å². The van der Waals surface area contributed by atoms with Gasteiger partial charge in [0.15, 0.2) is 0 Å². The quantitative estimate of drug-likeness (QED) is 0.782. The van der Waals surface area contributed by atoms with Gasteiger partial charge in [0.1, 0.15) is 0 Å². The van der Waals surface area contributed by atoms with Crippen molar-refractivity contribution in [2.45, 2.75) is 44.2 Å². The summed E-state index contributed by atoms with van der Waals surface area (Å²) in [7, 11) is 4.45. The molecule has 2 aliphatic rings. The number of hydrogen-bond acceptors (Lipinski definition) is 3. The Morgan fingerprint density at radius 2 is 2.12 bits per heavy atom. The number of likely N-dealkylation sites (tertiary alicyclic amines) is 1. The Kier molecular flexibility index (Phi) is 4.22. The van der Waals surface area contributed by atoms with Gasteiger partial charge in [0.05, 0.1) is 6.10 Å². The maximum atomic E-state index is 9.70. The zero-order valence-electron chi connectivity index (χ0n) is 10.7. The number of nitrogens with zero attached hydrogens (tertiary/aromatic N) is 2. The van der Waals surface area contributed by atoms with Gasteiger partial charge in [-0.15, -0.1) is 0 Å². The van der Waals surface area contributed by atoms with E-state index in [0.717, 1.165) is 18.8 Å². The SMILES string of the molecule is CN1CCC(CN(C)C2CCCC(O)C2)C1.